The van der Waals surface area contributed by atoms with Crippen LogP contribution in [-0.4, -0.2) is 97.1 Å². The van der Waals surface area contributed by atoms with Crippen LogP contribution >= 0.6 is 0 Å². The van der Waals surface area contributed by atoms with Crippen molar-refractivity contribution in [3.8, 4) is 34.5 Å². The number of carbonyl (C=O) groups excluding carboxylic acids is 2. The van der Waals surface area contributed by atoms with Gasteiger partial charge in [0.25, 0.3) is 0 Å². The minimum atomic E-state index is -0.520. The smallest absolute Gasteiger partial charge is 1.00 e. The number of fused-ring (bicyclic) bond motifs is 7. The van der Waals surface area contributed by atoms with Crippen LogP contribution in [0.4, 0.5) is 0 Å². The van der Waals surface area contributed by atoms with Gasteiger partial charge in [0, 0.05) is 40.9 Å². The van der Waals surface area contributed by atoms with Crippen molar-refractivity contribution in [2.45, 2.75) is 167 Å². The van der Waals surface area contributed by atoms with Crippen LogP contribution in [0.1, 0.15) is 166 Å². The van der Waals surface area contributed by atoms with Crippen molar-refractivity contribution in [2.75, 3.05) is 19.8 Å². The number of phenolic OH excluding ortho intramolecular Hbond substituents is 4. The number of hydrogen-bond donors (Lipinski definition) is 6. The van der Waals surface area contributed by atoms with E-state index in [-0.39, 0.29) is 173 Å². The first kappa shape index (κ1) is 63.2. The Morgan fingerprint density at radius 2 is 1.09 bits per heavy atom. The normalized spacial score (nSPS) is 24.7. The zero-order valence-electron chi connectivity index (χ0n) is 48.1. The Morgan fingerprint density at radius 1 is 0.680 bits per heavy atom. The number of hydrogen-bond acceptors (Lipinski definition) is 12. The van der Waals surface area contributed by atoms with Gasteiger partial charge in [-0.1, -0.05) is 72.5 Å². The van der Waals surface area contributed by atoms with E-state index in [1.54, 1.807) is 12.1 Å². The number of aromatic hydroxyl groups is 4. The Kier molecular flexibility index (Phi) is 22.6. The van der Waals surface area contributed by atoms with E-state index < -0.39 is 10.8 Å². The third-order valence-electron chi connectivity index (χ3n) is 15.0. The van der Waals surface area contributed by atoms with Crippen molar-refractivity contribution in [1.82, 2.24) is 0 Å². The van der Waals surface area contributed by atoms with Gasteiger partial charge in [0.15, 0.2) is 17.4 Å². The van der Waals surface area contributed by atoms with Crippen molar-refractivity contribution in [1.29, 1.82) is 0 Å². The van der Waals surface area contributed by atoms with E-state index in [2.05, 4.69) is 53.7 Å². The standard InChI is InChI=1S/C21H28O4.C16H20O3.C15H24O3.C6H6O2.3CH4.Al.Li.4H/c1-20(2,3)19(23)24-12-13-9-10-15-14(11-13)18-16(22)7-6-8-17(18)25-21(15,4)5;1-16(2)12-7-6-10(9-17)8-11(12)15-13(18)4-3-5-14(15)19-16;1-14(2,3)13(17)18-8-9-6-12(16)11-7-10(9)15(11,4)5;7-5-2-1-3-6(8)4-5;;;;;;;;;/h6-9,14-15,22H,10-12H2,1-5H3;3-6,11-12,17-18H,7-9H2,1-2H3;6,10-12,16H,7-8H2,1-5H3;1-4,7-8H;3*1H4;;;;;;/q;;;;;;;;+1;;;;-1/t14-,15-;11-,12-;10?,11-,12?;;;;;;;;;;/m000........../s1/i6D;3D;;1D;;;;;;;;;. The number of rotatable bonds is 5. The van der Waals surface area contributed by atoms with Crippen LogP contribution in [0.2, 0.25) is 0 Å². The molecule has 5 aliphatic carbocycles. The SMILES string of the molecule is C.C.C.CC(C)(C)C(=O)OCC1=CC(O)[C@@H]2CC1C2(C)C.[2H]c1cc(O)c2c(c1)OC(C)(C)[C@H]1CC=C(CO)C[C@H]21.[2H]c1cc(O)c2c(c1)OC(C)(C)[C@H]1CC=C(COC(=O)C(C)(C)C)C[C@H]21.[2H]c1cc(O)cc(O)c1.[AlH3].[H-].[Li+]. The van der Waals surface area contributed by atoms with Crippen LogP contribution in [0.15, 0.2) is 95.5 Å². The molecule has 7 aliphatic rings. The first-order valence-corrected chi connectivity index (χ1v) is 24.5. The predicted molar refractivity (Wildman–Crippen MR) is 301 cm³/mol. The molecule has 2 aliphatic heterocycles. The molecule has 414 valence electrons. The zero-order valence-corrected chi connectivity index (χ0v) is 44.1. The van der Waals surface area contributed by atoms with Crippen LogP contribution < -0.4 is 28.3 Å². The number of aliphatic hydroxyl groups excluding tert-OH is 2. The summed E-state index contributed by atoms with van der Waals surface area (Å²) in [4.78, 5) is 23.8. The summed E-state index contributed by atoms with van der Waals surface area (Å²) in [6.07, 6.45) is 9.87. The Labute approximate surface area is 478 Å². The van der Waals surface area contributed by atoms with Crippen LogP contribution in [0, 0.1) is 39.9 Å². The van der Waals surface area contributed by atoms with E-state index in [9.17, 15) is 30.0 Å². The number of esters is 2. The van der Waals surface area contributed by atoms with Crippen molar-refractivity contribution in [3.63, 3.8) is 0 Å². The third kappa shape index (κ3) is 15.9. The van der Waals surface area contributed by atoms with Gasteiger partial charge in [0.1, 0.15) is 58.9 Å². The minimum Gasteiger partial charge on any atom is -1.00 e. The monoisotopic (exact) mass is 1060 g/mol. The van der Waals surface area contributed by atoms with Gasteiger partial charge >= 0.3 is 30.8 Å². The second-order valence-corrected chi connectivity index (χ2v) is 23.4. The average Bonchev–Trinajstić information content (AvgIpc) is 3.25. The van der Waals surface area contributed by atoms with E-state index in [0.717, 1.165) is 53.5 Å². The second kappa shape index (κ2) is 26.8. The van der Waals surface area contributed by atoms with Crippen LogP contribution in [0.25, 0.3) is 0 Å². The van der Waals surface area contributed by atoms with Crippen molar-refractivity contribution in [3.05, 3.63) is 107 Å². The molecular weight excluding hydrogens is 959 g/mol. The summed E-state index contributed by atoms with van der Waals surface area (Å²) in [6, 6.07) is 10.5. The summed E-state index contributed by atoms with van der Waals surface area (Å²) in [7, 11) is 0. The van der Waals surface area contributed by atoms with Gasteiger partial charge in [0.2, 0.25) is 0 Å². The maximum Gasteiger partial charge on any atom is 1.00 e. The summed E-state index contributed by atoms with van der Waals surface area (Å²) in [5.74, 6) is 2.43. The molecule has 3 aromatic rings. The fourth-order valence-corrected chi connectivity index (χ4v) is 10.9. The third-order valence-corrected chi connectivity index (χ3v) is 15.0. The van der Waals surface area contributed by atoms with Gasteiger partial charge in [-0.15, -0.1) is 0 Å². The molecule has 0 amide bonds. The second-order valence-electron chi connectivity index (χ2n) is 23.4. The number of benzene rings is 3. The molecule has 75 heavy (non-hydrogen) atoms. The molecule has 0 aromatic heterocycles. The first-order chi connectivity index (χ1) is 33.7. The number of ether oxygens (including phenoxy) is 4. The Morgan fingerprint density at radius 3 is 1.49 bits per heavy atom. The van der Waals surface area contributed by atoms with E-state index in [1.165, 1.54) is 30.3 Å². The van der Waals surface area contributed by atoms with Gasteiger partial charge in [-0.3, -0.25) is 9.59 Å². The fourth-order valence-electron chi connectivity index (χ4n) is 10.9. The minimum absolute atomic E-state index is 0. The summed E-state index contributed by atoms with van der Waals surface area (Å²) in [6.45, 7) is 24.3. The summed E-state index contributed by atoms with van der Waals surface area (Å²) in [5.41, 5.74) is 3.18. The topological polar surface area (TPSA) is 192 Å². The summed E-state index contributed by atoms with van der Waals surface area (Å²) < 4.78 is 45.5. The molecule has 0 saturated heterocycles. The molecule has 3 aromatic carbocycles. The Balaban J connectivity index is 0.00000105. The number of phenols is 4. The van der Waals surface area contributed by atoms with Gasteiger partial charge < -0.3 is 51.0 Å². The summed E-state index contributed by atoms with van der Waals surface area (Å²) in [5, 5.41) is 57.5. The summed E-state index contributed by atoms with van der Waals surface area (Å²) >= 11 is 0. The Hall–Kier alpha value is -4.33. The zero-order chi connectivity index (χ0) is 54.3. The fraction of sp³-hybridized carbons (Fsp3) is 0.574. The van der Waals surface area contributed by atoms with E-state index >= 15 is 0 Å². The molecule has 12 nitrogen and oxygen atoms in total. The molecule has 10 rings (SSSR count). The van der Waals surface area contributed by atoms with E-state index in [1.807, 2.05) is 47.6 Å². The van der Waals surface area contributed by atoms with Crippen molar-refractivity contribution in [2.24, 2.45) is 39.9 Å². The molecule has 0 radical (unpaired) electrons. The first-order valence-electron chi connectivity index (χ1n) is 26.0. The van der Waals surface area contributed by atoms with E-state index in [0.29, 0.717) is 36.4 Å². The molecule has 0 spiro atoms. The largest absolute Gasteiger partial charge is 1.00 e. The quantitative estimate of drug-likeness (QED) is 0.0809. The van der Waals surface area contributed by atoms with Crippen molar-refractivity contribution >= 4 is 29.3 Å². The van der Waals surface area contributed by atoms with Crippen molar-refractivity contribution < 1.29 is 83.6 Å². The maximum absolute atomic E-state index is 12.1. The number of aliphatic hydroxyl groups is 2. The molecule has 7 atom stereocenters. The number of allylic oxidation sites excluding steroid dienone is 2. The molecule has 1 fully saturated rings. The number of carbonyl (C=O) groups is 2. The molecule has 2 heterocycles. The average molecular weight is 1060 g/mol. The van der Waals surface area contributed by atoms with E-state index in [4.69, 9.17) is 33.3 Å². The van der Waals surface area contributed by atoms with Gasteiger partial charge in [0.05, 0.1) is 27.7 Å². The van der Waals surface area contributed by atoms with Crippen LogP contribution in [0.3, 0.4) is 0 Å². The maximum atomic E-state index is 12.1. The van der Waals surface area contributed by atoms with Crippen LogP contribution in [-0.2, 0) is 19.1 Å². The van der Waals surface area contributed by atoms with Gasteiger partial charge in [-0.25, -0.2) is 0 Å². The molecule has 14 heteroatoms. The molecule has 6 N–H and O–H groups in total. The molecule has 2 unspecified atom stereocenters. The van der Waals surface area contributed by atoms with Crippen LogP contribution in [0.5, 0.6) is 34.5 Å². The molecule has 2 bridgehead atoms. The van der Waals surface area contributed by atoms with Gasteiger partial charge in [-0.2, -0.15) is 0 Å². The predicted octanol–water partition coefficient (Wildman–Crippen LogP) is 9.03. The molecular formula is C61H94AlLiO12. The Bertz CT molecular complexity index is 2600. The van der Waals surface area contributed by atoms with Gasteiger partial charge in [-0.05, 0) is 172 Å². The molecule has 1 saturated carbocycles.